The Morgan fingerprint density at radius 3 is 2.33 bits per heavy atom. The molecule has 0 amide bonds. The van der Waals surface area contributed by atoms with E-state index in [4.69, 9.17) is 0 Å². The van der Waals surface area contributed by atoms with E-state index in [0.717, 1.165) is 21.9 Å². The molecule has 0 saturated heterocycles. The number of carbonyl (C=O) groups is 1. The van der Waals surface area contributed by atoms with E-state index in [1.165, 1.54) is 6.07 Å². The van der Waals surface area contributed by atoms with Gasteiger partial charge in [0, 0.05) is 0 Å². The molecule has 2 N–H and O–H groups in total. The van der Waals surface area contributed by atoms with Crippen LogP contribution in [-0.2, 0) is 0 Å². The Labute approximate surface area is 122 Å². The summed E-state index contributed by atoms with van der Waals surface area (Å²) < 4.78 is 0. The van der Waals surface area contributed by atoms with Gasteiger partial charge >= 0.3 is 5.97 Å². The highest BCUT2D eigenvalue weighted by Gasteiger charge is 2.15. The predicted octanol–water partition coefficient (Wildman–Crippen LogP) is 4.22. The summed E-state index contributed by atoms with van der Waals surface area (Å²) in [7, 11) is 0. The highest BCUT2D eigenvalue weighted by Crippen LogP contribution is 2.33. The van der Waals surface area contributed by atoms with E-state index >= 15 is 0 Å². The van der Waals surface area contributed by atoms with Crippen molar-refractivity contribution >= 4 is 16.7 Å². The normalized spacial score (nSPS) is 10.7. The van der Waals surface area contributed by atoms with Crippen molar-refractivity contribution < 1.29 is 15.0 Å². The van der Waals surface area contributed by atoms with Gasteiger partial charge in [0.05, 0.1) is 0 Å². The Morgan fingerprint density at radius 1 is 0.952 bits per heavy atom. The number of aromatic hydroxyl groups is 1. The Morgan fingerprint density at radius 2 is 1.67 bits per heavy atom. The number of benzene rings is 3. The Bertz CT molecular complexity index is 836. The van der Waals surface area contributed by atoms with Crippen LogP contribution in [0.3, 0.4) is 0 Å². The van der Waals surface area contributed by atoms with Gasteiger partial charge in [-0.1, -0.05) is 42.5 Å². The second kappa shape index (κ2) is 4.94. The van der Waals surface area contributed by atoms with Gasteiger partial charge in [-0.2, -0.15) is 0 Å². The summed E-state index contributed by atoms with van der Waals surface area (Å²) in [5.74, 6) is -1.29. The van der Waals surface area contributed by atoms with Crippen LogP contribution in [0.25, 0.3) is 21.9 Å². The maximum absolute atomic E-state index is 11.2. The van der Waals surface area contributed by atoms with E-state index in [2.05, 4.69) is 0 Å². The molecule has 0 unspecified atom stereocenters. The molecule has 3 aromatic carbocycles. The molecular weight excluding hydrogens is 264 g/mol. The van der Waals surface area contributed by atoms with E-state index in [9.17, 15) is 15.0 Å². The fraction of sp³-hybridized carbons (Fsp3) is 0.0556. The summed E-state index contributed by atoms with van der Waals surface area (Å²) >= 11 is 0. The molecule has 0 heterocycles. The lowest BCUT2D eigenvalue weighted by Crippen LogP contribution is -1.98. The van der Waals surface area contributed by atoms with Crippen LogP contribution in [0.15, 0.2) is 54.6 Å². The van der Waals surface area contributed by atoms with Crippen LogP contribution >= 0.6 is 0 Å². The van der Waals surface area contributed by atoms with Gasteiger partial charge in [-0.3, -0.25) is 0 Å². The van der Waals surface area contributed by atoms with Gasteiger partial charge in [-0.15, -0.1) is 0 Å². The molecule has 3 heteroatoms. The molecule has 0 bridgehead atoms. The average Bonchev–Trinajstić information content (AvgIpc) is 2.51. The third-order valence-corrected chi connectivity index (χ3v) is 3.70. The van der Waals surface area contributed by atoms with Crippen molar-refractivity contribution in [3.05, 3.63) is 65.7 Å². The zero-order valence-electron chi connectivity index (χ0n) is 11.5. The lowest BCUT2D eigenvalue weighted by Gasteiger charge is -2.10. The first-order valence-electron chi connectivity index (χ1n) is 6.63. The standard InChI is InChI=1S/C18H14O3/c1-11-15-8-7-13(12-5-3-2-4-6-12)9-14(15)10-16(17(11)19)18(20)21/h2-10,19H,1H3,(H,20,21). The first-order valence-corrected chi connectivity index (χ1v) is 6.63. The second-order valence-electron chi connectivity index (χ2n) is 5.00. The molecule has 104 valence electrons. The molecular formula is C18H14O3. The monoisotopic (exact) mass is 278 g/mol. The van der Waals surface area contributed by atoms with Crippen LogP contribution in [-0.4, -0.2) is 16.2 Å². The third kappa shape index (κ3) is 2.23. The van der Waals surface area contributed by atoms with Crippen LogP contribution in [0.2, 0.25) is 0 Å². The summed E-state index contributed by atoms with van der Waals surface area (Å²) in [6, 6.07) is 17.3. The smallest absolute Gasteiger partial charge is 0.339 e. The molecule has 21 heavy (non-hydrogen) atoms. The Hall–Kier alpha value is -2.81. The fourth-order valence-electron chi connectivity index (χ4n) is 2.55. The number of rotatable bonds is 2. The number of aryl methyl sites for hydroxylation is 1. The van der Waals surface area contributed by atoms with E-state index in [1.54, 1.807) is 6.92 Å². The maximum Gasteiger partial charge on any atom is 0.339 e. The SMILES string of the molecule is Cc1c(O)c(C(=O)O)cc2cc(-c3ccccc3)ccc12. The quantitative estimate of drug-likeness (QED) is 0.738. The van der Waals surface area contributed by atoms with E-state index < -0.39 is 5.97 Å². The molecule has 0 saturated carbocycles. The van der Waals surface area contributed by atoms with Crippen LogP contribution in [0.1, 0.15) is 15.9 Å². The van der Waals surface area contributed by atoms with Crippen molar-refractivity contribution in [3.8, 4) is 16.9 Å². The van der Waals surface area contributed by atoms with Crippen LogP contribution in [0, 0.1) is 6.92 Å². The highest BCUT2D eigenvalue weighted by atomic mass is 16.4. The number of hydrogen-bond acceptors (Lipinski definition) is 2. The first kappa shape index (κ1) is 13.2. The minimum absolute atomic E-state index is 0.0646. The fourth-order valence-corrected chi connectivity index (χ4v) is 2.55. The Balaban J connectivity index is 2.27. The molecule has 0 aliphatic rings. The molecule has 0 aromatic heterocycles. The Kier molecular flexibility index (Phi) is 3.10. The maximum atomic E-state index is 11.2. The van der Waals surface area contributed by atoms with Gasteiger partial charge in [0.15, 0.2) is 0 Å². The van der Waals surface area contributed by atoms with Gasteiger partial charge in [-0.25, -0.2) is 4.79 Å². The molecule has 3 rings (SSSR count). The van der Waals surface area contributed by atoms with Crippen molar-refractivity contribution in [2.45, 2.75) is 6.92 Å². The number of carboxylic acids is 1. The van der Waals surface area contributed by atoms with Crippen LogP contribution < -0.4 is 0 Å². The number of fused-ring (bicyclic) bond motifs is 1. The van der Waals surface area contributed by atoms with Gasteiger partial charge in [0.2, 0.25) is 0 Å². The summed E-state index contributed by atoms with van der Waals surface area (Å²) in [5, 5.41) is 20.8. The summed E-state index contributed by atoms with van der Waals surface area (Å²) in [5.41, 5.74) is 2.61. The highest BCUT2D eigenvalue weighted by molar-refractivity contribution is 6.00. The van der Waals surface area contributed by atoms with Crippen LogP contribution in [0.4, 0.5) is 0 Å². The number of phenols is 1. The lowest BCUT2D eigenvalue weighted by atomic mass is 9.96. The van der Waals surface area contributed by atoms with Crippen molar-refractivity contribution in [1.29, 1.82) is 0 Å². The van der Waals surface area contributed by atoms with Crippen molar-refractivity contribution in [3.63, 3.8) is 0 Å². The molecule has 0 aliphatic carbocycles. The molecule has 0 radical (unpaired) electrons. The van der Waals surface area contributed by atoms with Gasteiger partial charge in [0.1, 0.15) is 11.3 Å². The van der Waals surface area contributed by atoms with Crippen molar-refractivity contribution in [1.82, 2.24) is 0 Å². The minimum Gasteiger partial charge on any atom is -0.507 e. The van der Waals surface area contributed by atoms with Crippen molar-refractivity contribution in [2.24, 2.45) is 0 Å². The lowest BCUT2D eigenvalue weighted by molar-refractivity contribution is 0.0694. The zero-order chi connectivity index (χ0) is 15.0. The third-order valence-electron chi connectivity index (χ3n) is 3.70. The van der Waals surface area contributed by atoms with Gasteiger partial charge in [0.25, 0.3) is 0 Å². The minimum atomic E-state index is -1.12. The predicted molar refractivity (Wildman–Crippen MR) is 82.7 cm³/mol. The largest absolute Gasteiger partial charge is 0.507 e. The van der Waals surface area contributed by atoms with Crippen molar-refractivity contribution in [2.75, 3.05) is 0 Å². The van der Waals surface area contributed by atoms with Gasteiger partial charge in [-0.05, 0) is 46.5 Å². The van der Waals surface area contributed by atoms with Gasteiger partial charge < -0.3 is 10.2 Å². The second-order valence-corrected chi connectivity index (χ2v) is 5.00. The number of aromatic carboxylic acids is 1. The van der Waals surface area contributed by atoms with Crippen LogP contribution in [0.5, 0.6) is 5.75 Å². The first-order chi connectivity index (χ1) is 10.1. The average molecular weight is 278 g/mol. The van der Waals surface area contributed by atoms with E-state index in [-0.39, 0.29) is 11.3 Å². The molecule has 3 nitrogen and oxygen atoms in total. The van der Waals surface area contributed by atoms with E-state index in [1.807, 2.05) is 48.5 Å². The number of carboxylic acid groups (broad SMARTS) is 1. The summed E-state index contributed by atoms with van der Waals surface area (Å²) in [6.07, 6.45) is 0. The zero-order valence-corrected chi connectivity index (χ0v) is 11.5. The molecule has 0 aliphatic heterocycles. The topological polar surface area (TPSA) is 57.5 Å². The number of hydrogen-bond donors (Lipinski definition) is 2. The molecule has 0 spiro atoms. The summed E-state index contributed by atoms with van der Waals surface area (Å²) in [4.78, 5) is 11.2. The molecule has 0 fully saturated rings. The summed E-state index contributed by atoms with van der Waals surface area (Å²) in [6.45, 7) is 1.73. The molecule has 0 atom stereocenters. The van der Waals surface area contributed by atoms with E-state index in [0.29, 0.717) is 5.56 Å². The molecule has 3 aromatic rings.